The zero-order valence-corrected chi connectivity index (χ0v) is 20.2. The number of carbonyl (C=O) groups excluding carboxylic acids is 1. The molecule has 0 saturated heterocycles. The molecule has 34 heavy (non-hydrogen) atoms. The lowest BCUT2D eigenvalue weighted by atomic mass is 10.2. The van der Waals surface area contributed by atoms with E-state index < -0.39 is 0 Å². The number of hydrogen-bond donors (Lipinski definition) is 3. The summed E-state index contributed by atoms with van der Waals surface area (Å²) < 4.78 is 7.33. The molecule has 3 aromatic rings. The smallest absolute Gasteiger partial charge is 0.247 e. The summed E-state index contributed by atoms with van der Waals surface area (Å²) >= 11 is 0. The molecule has 11 heteroatoms. The third-order valence-electron chi connectivity index (χ3n) is 4.93. The highest BCUT2D eigenvalue weighted by atomic mass is 16.5. The highest BCUT2D eigenvalue weighted by molar-refractivity contribution is 6.02. The minimum atomic E-state index is -0.308. The van der Waals surface area contributed by atoms with Crippen LogP contribution in [0.25, 0.3) is 0 Å². The number of nitrogens with zero attached hydrogens (tertiary/aromatic N) is 6. The fourth-order valence-corrected chi connectivity index (χ4v) is 3.15. The summed E-state index contributed by atoms with van der Waals surface area (Å²) in [6, 6.07) is 5.43. The third kappa shape index (κ3) is 6.45. The number of methoxy groups -OCH3 is 1. The van der Waals surface area contributed by atoms with Crippen molar-refractivity contribution in [3.8, 4) is 5.75 Å². The summed E-state index contributed by atoms with van der Waals surface area (Å²) in [5, 5.41) is 13.4. The number of amides is 1. The van der Waals surface area contributed by atoms with Crippen LogP contribution in [0.15, 0.2) is 49.4 Å². The van der Waals surface area contributed by atoms with Crippen LogP contribution in [-0.2, 0) is 11.8 Å². The number of aryl methyl sites for hydroxylation is 1. The van der Waals surface area contributed by atoms with Crippen molar-refractivity contribution in [2.24, 2.45) is 7.05 Å². The zero-order valence-electron chi connectivity index (χ0n) is 20.2. The summed E-state index contributed by atoms with van der Waals surface area (Å²) in [7, 11) is 9.42. The Hall–Kier alpha value is -4.12. The molecular weight excluding hydrogens is 434 g/mol. The second-order valence-corrected chi connectivity index (χ2v) is 7.91. The lowest BCUT2D eigenvalue weighted by Gasteiger charge is -2.26. The average Bonchev–Trinajstić information content (AvgIpc) is 3.22. The van der Waals surface area contributed by atoms with Gasteiger partial charge in [-0.3, -0.25) is 9.48 Å². The standard InChI is InChI=1S/C23H31N9O2/c1-7-22(33)27-17-12-18(20(34-6)13-19(17)31(4)11-10-30(2)3)28-23-24-9-8-21(29-23)26-16-14-25-32(5)15-16/h7-9,12-15H,1,10-11H2,2-6H3,(H,27,33)(H2,24,26,28,29). The number of likely N-dealkylation sites (N-methyl/N-ethyl adjacent to an activating group) is 2. The van der Waals surface area contributed by atoms with Gasteiger partial charge in [0.1, 0.15) is 11.6 Å². The van der Waals surface area contributed by atoms with E-state index in [2.05, 4.69) is 47.4 Å². The topological polar surface area (TPSA) is 112 Å². The van der Waals surface area contributed by atoms with Crippen LogP contribution in [0.4, 0.5) is 34.5 Å². The van der Waals surface area contributed by atoms with Crippen LogP contribution >= 0.6 is 0 Å². The lowest BCUT2D eigenvalue weighted by Crippen LogP contribution is -2.29. The van der Waals surface area contributed by atoms with Gasteiger partial charge >= 0.3 is 0 Å². The van der Waals surface area contributed by atoms with Crippen molar-refractivity contribution < 1.29 is 9.53 Å². The van der Waals surface area contributed by atoms with Gasteiger partial charge in [0.15, 0.2) is 0 Å². The summed E-state index contributed by atoms with van der Waals surface area (Å²) in [6.07, 6.45) is 6.43. The second-order valence-electron chi connectivity index (χ2n) is 7.91. The molecule has 0 aliphatic rings. The molecule has 0 bridgehead atoms. The van der Waals surface area contributed by atoms with Crippen molar-refractivity contribution in [3.63, 3.8) is 0 Å². The number of aromatic nitrogens is 4. The Morgan fingerprint density at radius 2 is 2.00 bits per heavy atom. The largest absolute Gasteiger partial charge is 0.494 e. The van der Waals surface area contributed by atoms with Crippen molar-refractivity contribution in [3.05, 3.63) is 49.4 Å². The van der Waals surface area contributed by atoms with Crippen LogP contribution < -0.4 is 25.6 Å². The Kier molecular flexibility index (Phi) is 8.04. The Morgan fingerprint density at radius 3 is 2.65 bits per heavy atom. The van der Waals surface area contributed by atoms with E-state index in [1.165, 1.54) is 6.08 Å². The maximum atomic E-state index is 12.1. The van der Waals surface area contributed by atoms with Crippen molar-refractivity contribution in [2.45, 2.75) is 0 Å². The van der Waals surface area contributed by atoms with Gasteiger partial charge in [-0.1, -0.05) is 6.58 Å². The molecule has 2 aromatic heterocycles. The van der Waals surface area contributed by atoms with Crippen LogP contribution in [-0.4, -0.2) is 71.9 Å². The highest BCUT2D eigenvalue weighted by Crippen LogP contribution is 2.38. The van der Waals surface area contributed by atoms with Gasteiger partial charge < -0.3 is 30.5 Å². The molecule has 180 valence electrons. The quantitative estimate of drug-likeness (QED) is 0.368. The van der Waals surface area contributed by atoms with Crippen LogP contribution in [0.2, 0.25) is 0 Å². The van der Waals surface area contributed by atoms with Gasteiger partial charge in [0, 0.05) is 45.6 Å². The van der Waals surface area contributed by atoms with Gasteiger partial charge in [0.25, 0.3) is 0 Å². The summed E-state index contributed by atoms with van der Waals surface area (Å²) in [5.74, 6) is 1.24. The number of ether oxygens (including phenoxy) is 1. The monoisotopic (exact) mass is 465 g/mol. The van der Waals surface area contributed by atoms with E-state index in [9.17, 15) is 4.79 Å². The van der Waals surface area contributed by atoms with E-state index in [1.807, 2.05) is 40.5 Å². The Bertz CT molecular complexity index is 1140. The van der Waals surface area contributed by atoms with Crippen LogP contribution in [0, 0.1) is 0 Å². The molecule has 1 aromatic carbocycles. The molecule has 0 aliphatic carbocycles. The van der Waals surface area contributed by atoms with E-state index in [0.717, 1.165) is 24.5 Å². The van der Waals surface area contributed by atoms with Crippen molar-refractivity contribution in [1.29, 1.82) is 0 Å². The SMILES string of the molecule is C=CC(=O)Nc1cc(Nc2nccc(Nc3cnn(C)c3)n2)c(OC)cc1N(C)CCN(C)C. The molecule has 0 unspecified atom stereocenters. The van der Waals surface area contributed by atoms with Gasteiger partial charge in [0.2, 0.25) is 11.9 Å². The van der Waals surface area contributed by atoms with E-state index in [0.29, 0.717) is 28.9 Å². The minimum absolute atomic E-state index is 0.308. The summed E-state index contributed by atoms with van der Waals surface area (Å²) in [6.45, 7) is 5.16. The van der Waals surface area contributed by atoms with Gasteiger partial charge in [-0.05, 0) is 32.3 Å². The fraction of sp³-hybridized carbons (Fsp3) is 0.304. The first-order valence-corrected chi connectivity index (χ1v) is 10.7. The first kappa shape index (κ1) is 24.5. The van der Waals surface area contributed by atoms with Gasteiger partial charge in [-0.2, -0.15) is 10.1 Å². The van der Waals surface area contributed by atoms with Gasteiger partial charge in [-0.15, -0.1) is 0 Å². The average molecular weight is 466 g/mol. The third-order valence-corrected chi connectivity index (χ3v) is 4.93. The zero-order chi connectivity index (χ0) is 24.7. The molecule has 0 saturated carbocycles. The number of carbonyl (C=O) groups is 1. The van der Waals surface area contributed by atoms with E-state index >= 15 is 0 Å². The molecule has 0 spiro atoms. The minimum Gasteiger partial charge on any atom is -0.494 e. The maximum absolute atomic E-state index is 12.1. The van der Waals surface area contributed by atoms with Crippen LogP contribution in [0.3, 0.4) is 0 Å². The van der Waals surface area contributed by atoms with Crippen LogP contribution in [0.1, 0.15) is 0 Å². The van der Waals surface area contributed by atoms with Crippen LogP contribution in [0.5, 0.6) is 5.75 Å². The number of hydrogen-bond acceptors (Lipinski definition) is 9. The van der Waals surface area contributed by atoms with Gasteiger partial charge in [0.05, 0.1) is 36.1 Å². The molecular formula is C23H31N9O2. The van der Waals surface area contributed by atoms with E-state index in [1.54, 1.807) is 36.3 Å². The van der Waals surface area contributed by atoms with Crippen molar-refractivity contribution >= 4 is 40.4 Å². The first-order valence-electron chi connectivity index (χ1n) is 10.7. The Labute approximate surface area is 199 Å². The normalized spacial score (nSPS) is 10.6. The molecule has 0 radical (unpaired) electrons. The Balaban J connectivity index is 1.91. The van der Waals surface area contributed by atoms with E-state index in [-0.39, 0.29) is 5.91 Å². The molecule has 1 amide bonds. The fourth-order valence-electron chi connectivity index (χ4n) is 3.15. The second kappa shape index (κ2) is 11.1. The predicted molar refractivity (Wildman–Crippen MR) is 135 cm³/mol. The number of anilines is 6. The van der Waals surface area contributed by atoms with Crippen molar-refractivity contribution in [2.75, 3.05) is 62.2 Å². The Morgan fingerprint density at radius 1 is 1.21 bits per heavy atom. The summed E-state index contributed by atoms with van der Waals surface area (Å²) in [5.41, 5.74) is 2.83. The molecule has 2 heterocycles. The predicted octanol–water partition coefficient (Wildman–Crippen LogP) is 2.83. The van der Waals surface area contributed by atoms with Crippen molar-refractivity contribution in [1.82, 2.24) is 24.6 Å². The molecule has 0 aliphatic heterocycles. The molecule has 3 N–H and O–H groups in total. The van der Waals surface area contributed by atoms with E-state index in [4.69, 9.17) is 4.74 Å². The maximum Gasteiger partial charge on any atom is 0.247 e. The molecule has 11 nitrogen and oxygen atoms in total. The summed E-state index contributed by atoms with van der Waals surface area (Å²) in [4.78, 5) is 25.1. The number of nitrogens with one attached hydrogen (secondary N) is 3. The van der Waals surface area contributed by atoms with Gasteiger partial charge in [-0.25, -0.2) is 4.98 Å². The highest BCUT2D eigenvalue weighted by Gasteiger charge is 2.16. The first-order chi connectivity index (χ1) is 16.3. The molecule has 0 fully saturated rings. The molecule has 0 atom stereocenters. The lowest BCUT2D eigenvalue weighted by molar-refractivity contribution is -0.111. The molecule has 3 rings (SSSR count). The number of rotatable bonds is 11. The number of benzene rings is 1.